The molecule has 12 heteroatoms. The lowest BCUT2D eigenvalue weighted by Gasteiger charge is -2.18. The van der Waals surface area contributed by atoms with E-state index in [-0.39, 0.29) is 47.7 Å². The summed E-state index contributed by atoms with van der Waals surface area (Å²) in [4.78, 5) is 14.7. The first-order chi connectivity index (χ1) is 45.5. The number of benzene rings is 9. The maximum absolute atomic E-state index is 14.7. The van der Waals surface area contributed by atoms with E-state index in [0.29, 0.717) is 48.3 Å². The predicted octanol–water partition coefficient (Wildman–Crippen LogP) is 19.5. The lowest BCUT2D eigenvalue weighted by Crippen LogP contribution is -2.22. The summed E-state index contributed by atoms with van der Waals surface area (Å²) in [7, 11) is 0. The predicted molar refractivity (Wildman–Crippen MR) is 371 cm³/mol. The summed E-state index contributed by atoms with van der Waals surface area (Å²) in [5, 5.41) is 24.6. The van der Waals surface area contributed by atoms with E-state index in [0.717, 1.165) is 96.8 Å². The molecule has 2 aliphatic carbocycles. The largest absolute Gasteiger partial charge is 0.493 e. The highest BCUT2D eigenvalue weighted by molar-refractivity contribution is 6.13. The van der Waals surface area contributed by atoms with Gasteiger partial charge in [0.25, 0.3) is 0 Å². The molecule has 6 unspecified atom stereocenters. The van der Waals surface area contributed by atoms with Crippen LogP contribution in [0.5, 0.6) is 5.75 Å². The van der Waals surface area contributed by atoms with Crippen molar-refractivity contribution >= 4 is 71.4 Å². The molecular weight excluding hydrogens is 1150 g/mol. The third-order valence-electron chi connectivity index (χ3n) is 19.6. The summed E-state index contributed by atoms with van der Waals surface area (Å²) in [5.41, 5.74) is 13.0. The van der Waals surface area contributed by atoms with Gasteiger partial charge in [0.1, 0.15) is 5.75 Å². The van der Waals surface area contributed by atoms with E-state index in [1.165, 1.54) is 27.1 Å². The Bertz CT molecular complexity index is 4970. The number of hydrogen-bond acceptors (Lipinski definition) is 9. The number of aromatic nitrogens is 7. The highest BCUT2D eigenvalue weighted by Crippen LogP contribution is 2.44. The van der Waals surface area contributed by atoms with Crippen LogP contribution in [0.4, 0.5) is 0 Å². The van der Waals surface area contributed by atoms with Gasteiger partial charge >= 0.3 is 5.97 Å². The molecule has 0 amide bonds. The minimum Gasteiger partial charge on any atom is -0.493 e. The van der Waals surface area contributed by atoms with Crippen LogP contribution in [-0.2, 0) is 21.7 Å². The quantitative estimate of drug-likeness (QED) is 0.0686. The Labute approximate surface area is 538 Å². The average molecular weight is 1220 g/mol. The van der Waals surface area contributed by atoms with Crippen LogP contribution >= 0.6 is 0 Å². The minimum atomic E-state index is -0.308. The number of nitrogens with zero attached hydrogens (tertiary/aromatic N) is 7. The smallest absolute Gasteiger partial charge is 0.311 e. The molecule has 0 spiro atoms. The van der Waals surface area contributed by atoms with Crippen molar-refractivity contribution in [1.82, 2.24) is 34.1 Å². The van der Waals surface area contributed by atoms with Crippen molar-refractivity contribution in [3.05, 3.63) is 249 Å². The van der Waals surface area contributed by atoms with Crippen LogP contribution in [0.2, 0.25) is 0 Å². The molecule has 2 saturated carbocycles. The van der Waals surface area contributed by atoms with Gasteiger partial charge in [-0.05, 0) is 175 Å². The molecule has 5 aromatic heterocycles. The van der Waals surface area contributed by atoms with Crippen LogP contribution < -0.4 is 4.74 Å². The number of ether oxygens (including phenoxy) is 2. The van der Waals surface area contributed by atoms with Crippen LogP contribution in [0, 0.1) is 35.5 Å². The van der Waals surface area contributed by atoms with Gasteiger partial charge < -0.3 is 32.0 Å². The molecule has 93 heavy (non-hydrogen) atoms. The average Bonchev–Trinajstić information content (AvgIpc) is 1.58. The molecule has 9 aromatic carbocycles. The van der Waals surface area contributed by atoms with Crippen LogP contribution in [0.15, 0.2) is 253 Å². The van der Waals surface area contributed by atoms with E-state index in [9.17, 15) is 4.79 Å². The third kappa shape index (κ3) is 10.5. The number of fused-ring (bicyclic) bond motifs is 9. The molecule has 14 aromatic rings. The fourth-order valence-electron chi connectivity index (χ4n) is 14.8. The van der Waals surface area contributed by atoms with Crippen molar-refractivity contribution in [1.29, 1.82) is 0 Å². The Morgan fingerprint density at radius 2 is 0.978 bits per heavy atom. The SMILES string of the molecule is C=CC1CC(/C=C\C2CC(C=C)C(COc3cccc(-c4nnc(-c5cccc(-c6nnc(-c7ccc(C(C)(C)C)cc7)o6)c5)o4)c3)C2)C(C(=O)OCn2c3ccc(-n4c5ccccc5c5ccccc54)cc3c3cc(-n4c5ccccc5c5ccccc54)ccc32)C1. The van der Waals surface area contributed by atoms with Crippen LogP contribution in [-0.4, -0.2) is 46.7 Å². The van der Waals surface area contributed by atoms with E-state index in [4.69, 9.17) is 18.3 Å². The molecule has 458 valence electrons. The lowest BCUT2D eigenvalue weighted by atomic mass is 9.87. The Hall–Kier alpha value is -10.9. The number of hydrogen-bond donors (Lipinski definition) is 0. The Kier molecular flexibility index (Phi) is 14.4. The topological polar surface area (TPSA) is 128 Å². The molecule has 5 heterocycles. The van der Waals surface area contributed by atoms with Gasteiger partial charge in [-0.25, -0.2) is 0 Å². The second-order valence-electron chi connectivity index (χ2n) is 26.2. The van der Waals surface area contributed by atoms with E-state index in [2.05, 4.69) is 232 Å². The summed E-state index contributed by atoms with van der Waals surface area (Å²) < 4.78 is 32.4. The molecule has 0 saturated heterocycles. The van der Waals surface area contributed by atoms with Crippen LogP contribution in [0.25, 0.3) is 123 Å². The van der Waals surface area contributed by atoms with Crippen molar-refractivity contribution in [3.63, 3.8) is 0 Å². The lowest BCUT2D eigenvalue weighted by molar-refractivity contribution is -0.153. The fourth-order valence-corrected chi connectivity index (χ4v) is 14.8. The summed E-state index contributed by atoms with van der Waals surface area (Å²) in [6.45, 7) is 15.6. The molecule has 0 bridgehead atoms. The number of allylic oxidation sites excluding steroid dienone is 4. The summed E-state index contributed by atoms with van der Waals surface area (Å²) in [6.07, 6.45) is 12.2. The van der Waals surface area contributed by atoms with Gasteiger partial charge in [0.15, 0.2) is 6.73 Å². The van der Waals surface area contributed by atoms with Gasteiger partial charge in [-0.15, -0.1) is 33.6 Å². The zero-order chi connectivity index (χ0) is 62.9. The van der Waals surface area contributed by atoms with Gasteiger partial charge in [-0.2, -0.15) is 0 Å². The molecule has 0 N–H and O–H groups in total. The number of esters is 1. The first-order valence-electron chi connectivity index (χ1n) is 32.3. The second-order valence-corrected chi connectivity index (χ2v) is 26.2. The third-order valence-corrected chi connectivity index (χ3v) is 19.6. The standard InChI is InChI=1S/C81H69N7O5/c1-6-50-40-54(31-30-51-41-52(7-2)58(42-51)48-90-62-21-17-20-57(45-62)79-85-84-78(93-79)56-19-16-18-55(44-56)77-83-82-76(92-77)53-32-34-59(35-33-53)81(3,4)5)67(43-50)80(89)91-49-86-70-38-36-60(87-72-26-12-8-22-63(72)64-23-9-13-27-73(64)87)46-68(70)69-47-61(37-39-71(69)86)88-74-28-14-10-24-65(74)66-25-11-15-29-75(66)88/h6-39,44-47,50-52,54,58,67H,1-2,40-43,48-49H2,3-5H3/b31-30-. The van der Waals surface area contributed by atoms with E-state index >= 15 is 0 Å². The maximum Gasteiger partial charge on any atom is 0.311 e. The van der Waals surface area contributed by atoms with Gasteiger partial charge in [0.05, 0.1) is 45.6 Å². The number of carbonyl (C=O) groups is 1. The first-order valence-corrected chi connectivity index (χ1v) is 32.3. The maximum atomic E-state index is 14.7. The second kappa shape index (κ2) is 23.4. The molecule has 2 fully saturated rings. The van der Waals surface area contributed by atoms with Crippen molar-refractivity contribution in [2.45, 2.75) is 58.6 Å². The molecule has 2 aliphatic rings. The minimum absolute atomic E-state index is 0.0107. The van der Waals surface area contributed by atoms with Gasteiger partial charge in [-0.3, -0.25) is 4.79 Å². The van der Waals surface area contributed by atoms with E-state index in [1.54, 1.807) is 0 Å². The Morgan fingerprint density at radius 1 is 0.484 bits per heavy atom. The number of rotatable bonds is 16. The van der Waals surface area contributed by atoms with Gasteiger partial charge in [-0.1, -0.05) is 142 Å². The highest BCUT2D eigenvalue weighted by Gasteiger charge is 2.39. The van der Waals surface area contributed by atoms with Crippen LogP contribution in [0.3, 0.4) is 0 Å². The van der Waals surface area contributed by atoms with Gasteiger partial charge in [0.2, 0.25) is 23.6 Å². The summed E-state index contributed by atoms with van der Waals surface area (Å²) >= 11 is 0. The van der Waals surface area contributed by atoms with E-state index in [1.807, 2.05) is 66.7 Å². The molecule has 0 radical (unpaired) electrons. The van der Waals surface area contributed by atoms with Gasteiger partial charge in [0, 0.05) is 65.9 Å². The first kappa shape index (κ1) is 57.3. The van der Waals surface area contributed by atoms with Crippen LogP contribution in [0.1, 0.15) is 52.0 Å². The number of para-hydroxylation sites is 4. The zero-order valence-corrected chi connectivity index (χ0v) is 52.2. The highest BCUT2D eigenvalue weighted by atomic mass is 16.5. The Morgan fingerprint density at radius 3 is 1.49 bits per heavy atom. The molecule has 0 aliphatic heterocycles. The van der Waals surface area contributed by atoms with Crippen molar-refractivity contribution < 1.29 is 23.1 Å². The molecule has 6 atom stereocenters. The van der Waals surface area contributed by atoms with Crippen molar-refractivity contribution in [3.8, 4) is 62.9 Å². The molecular formula is C81H69N7O5. The number of carbonyl (C=O) groups excluding carboxylic acids is 1. The van der Waals surface area contributed by atoms with Crippen molar-refractivity contribution in [2.75, 3.05) is 6.61 Å². The summed E-state index contributed by atoms with van der Waals surface area (Å²) in [6, 6.07) is 71.6. The molecule has 16 rings (SSSR count). The van der Waals surface area contributed by atoms with E-state index < -0.39 is 0 Å². The van der Waals surface area contributed by atoms with Crippen molar-refractivity contribution in [2.24, 2.45) is 35.5 Å². The summed E-state index contributed by atoms with van der Waals surface area (Å²) in [5.74, 6) is 2.85. The normalized spacial score (nSPS) is 18.5. The molecule has 12 nitrogen and oxygen atoms in total. The monoisotopic (exact) mass is 1220 g/mol. The fraction of sp³-hybridized carbons (Fsp3) is 0.198. The zero-order valence-electron chi connectivity index (χ0n) is 52.2. The Balaban J connectivity index is 0.611.